The molecule has 1 aliphatic carbocycles. The second-order valence-electron chi connectivity index (χ2n) is 7.05. The van der Waals surface area contributed by atoms with Crippen LogP contribution in [0, 0.1) is 17.7 Å². The summed E-state index contributed by atoms with van der Waals surface area (Å²) in [6.45, 7) is 2.40. The lowest BCUT2D eigenvalue weighted by molar-refractivity contribution is -0.121. The highest BCUT2D eigenvalue weighted by Crippen LogP contribution is 2.32. The maximum Gasteiger partial charge on any atom is 0.261 e. The molecule has 26 heavy (non-hydrogen) atoms. The van der Waals surface area contributed by atoms with Gasteiger partial charge in [-0.3, -0.25) is 9.59 Å². The van der Waals surface area contributed by atoms with E-state index in [0.29, 0.717) is 17.2 Å². The maximum atomic E-state index is 13.0. The first-order valence-electron chi connectivity index (χ1n) is 8.86. The zero-order valence-corrected chi connectivity index (χ0v) is 15.6. The highest BCUT2D eigenvalue weighted by Gasteiger charge is 2.22. The molecule has 0 bridgehead atoms. The number of benzene rings is 1. The molecule has 0 radical (unpaired) electrons. The number of rotatable bonds is 6. The van der Waals surface area contributed by atoms with Gasteiger partial charge in [-0.15, -0.1) is 11.3 Å². The first kappa shape index (κ1) is 18.6. The molecule has 1 heterocycles. The van der Waals surface area contributed by atoms with Crippen LogP contribution in [0.2, 0.25) is 0 Å². The molecule has 1 aromatic heterocycles. The van der Waals surface area contributed by atoms with E-state index in [9.17, 15) is 14.0 Å². The van der Waals surface area contributed by atoms with E-state index in [4.69, 9.17) is 5.73 Å². The molecule has 3 N–H and O–H groups in total. The molecule has 2 aromatic rings. The van der Waals surface area contributed by atoms with E-state index in [-0.39, 0.29) is 18.3 Å². The van der Waals surface area contributed by atoms with Gasteiger partial charge in [0.1, 0.15) is 5.82 Å². The van der Waals surface area contributed by atoms with Gasteiger partial charge in [-0.1, -0.05) is 19.1 Å². The predicted octanol–water partition coefficient (Wildman–Crippen LogP) is 3.09. The number of fused-ring (bicyclic) bond motifs is 1. The molecule has 1 aliphatic rings. The summed E-state index contributed by atoms with van der Waals surface area (Å²) in [5.41, 5.74) is 7.56. The fourth-order valence-corrected chi connectivity index (χ4v) is 4.42. The topological polar surface area (TPSA) is 72.2 Å². The number of carbonyl (C=O) groups excluding carboxylic acids is 2. The maximum absolute atomic E-state index is 13.0. The lowest BCUT2D eigenvalue weighted by Gasteiger charge is -2.16. The van der Waals surface area contributed by atoms with E-state index < -0.39 is 11.8 Å². The number of thiophene rings is 1. The first-order valence-corrected chi connectivity index (χ1v) is 9.67. The quantitative estimate of drug-likeness (QED) is 0.816. The van der Waals surface area contributed by atoms with Crippen molar-refractivity contribution in [3.8, 4) is 0 Å². The van der Waals surface area contributed by atoms with Crippen molar-refractivity contribution >= 4 is 23.2 Å². The monoisotopic (exact) mass is 374 g/mol. The van der Waals surface area contributed by atoms with E-state index in [1.54, 1.807) is 23.5 Å². The van der Waals surface area contributed by atoms with Gasteiger partial charge < -0.3 is 11.1 Å². The lowest BCUT2D eigenvalue weighted by atomic mass is 9.90. The number of nitrogens with two attached hydrogens (primary N) is 1. The second kappa shape index (κ2) is 7.99. The van der Waals surface area contributed by atoms with Gasteiger partial charge >= 0.3 is 0 Å². The fourth-order valence-electron chi connectivity index (χ4n) is 3.30. The van der Waals surface area contributed by atoms with Crippen LogP contribution in [0.25, 0.3) is 0 Å². The standard InChI is InChI=1S/C20H23FN2O2S/c1-12-2-7-17-14(8-12)10-18(26-17)20(25)23-11-15(19(22)24)9-13-3-5-16(21)6-4-13/h3-6,10,12,15H,2,7-9,11H2,1H3,(H2,22,24)(H,23,25). The van der Waals surface area contributed by atoms with Gasteiger partial charge in [0.25, 0.3) is 5.91 Å². The van der Waals surface area contributed by atoms with Crippen molar-refractivity contribution in [2.45, 2.75) is 32.6 Å². The Bertz CT molecular complexity index is 801. The number of carbonyl (C=O) groups is 2. The van der Waals surface area contributed by atoms with Gasteiger partial charge in [-0.2, -0.15) is 0 Å². The first-order chi connectivity index (χ1) is 12.4. The molecule has 2 atom stereocenters. The zero-order valence-electron chi connectivity index (χ0n) is 14.8. The number of hydrogen-bond acceptors (Lipinski definition) is 3. The van der Waals surface area contributed by atoms with E-state index in [2.05, 4.69) is 12.2 Å². The van der Waals surface area contributed by atoms with Gasteiger partial charge in [0.2, 0.25) is 5.91 Å². The molecule has 1 aromatic carbocycles. The second-order valence-corrected chi connectivity index (χ2v) is 8.18. The molecule has 2 amide bonds. The summed E-state index contributed by atoms with van der Waals surface area (Å²) in [6, 6.07) is 7.93. The Labute approximate surface area is 156 Å². The summed E-state index contributed by atoms with van der Waals surface area (Å²) in [6.07, 6.45) is 3.58. The van der Waals surface area contributed by atoms with Gasteiger partial charge in [0.05, 0.1) is 10.8 Å². The van der Waals surface area contributed by atoms with Crippen molar-refractivity contribution in [2.75, 3.05) is 6.54 Å². The number of amides is 2. The van der Waals surface area contributed by atoms with Crippen LogP contribution in [0.1, 0.15) is 39.0 Å². The molecule has 2 unspecified atom stereocenters. The van der Waals surface area contributed by atoms with Crippen LogP contribution in [-0.4, -0.2) is 18.4 Å². The molecule has 138 valence electrons. The molecule has 0 aliphatic heterocycles. The van der Waals surface area contributed by atoms with E-state index in [0.717, 1.165) is 24.8 Å². The van der Waals surface area contributed by atoms with Crippen molar-refractivity contribution in [1.82, 2.24) is 5.32 Å². The summed E-state index contributed by atoms with van der Waals surface area (Å²) in [5, 5.41) is 2.83. The van der Waals surface area contributed by atoms with Crippen LogP contribution in [-0.2, 0) is 24.1 Å². The van der Waals surface area contributed by atoms with Crippen LogP contribution >= 0.6 is 11.3 Å². The van der Waals surface area contributed by atoms with E-state index >= 15 is 0 Å². The highest BCUT2D eigenvalue weighted by molar-refractivity contribution is 7.14. The SMILES string of the molecule is CC1CCc2sc(C(=O)NCC(Cc3ccc(F)cc3)C(N)=O)cc2C1. The number of hydrogen-bond donors (Lipinski definition) is 2. The number of halogens is 1. The van der Waals surface area contributed by atoms with Crippen LogP contribution in [0.5, 0.6) is 0 Å². The lowest BCUT2D eigenvalue weighted by Crippen LogP contribution is -2.37. The summed E-state index contributed by atoms with van der Waals surface area (Å²) in [4.78, 5) is 26.2. The Morgan fingerprint density at radius 2 is 2.08 bits per heavy atom. The minimum Gasteiger partial charge on any atom is -0.369 e. The molecular weight excluding hydrogens is 351 g/mol. The molecule has 6 heteroatoms. The van der Waals surface area contributed by atoms with E-state index in [1.807, 2.05) is 6.07 Å². The summed E-state index contributed by atoms with van der Waals surface area (Å²) < 4.78 is 13.0. The molecule has 0 fully saturated rings. The van der Waals surface area contributed by atoms with Crippen molar-refractivity contribution in [3.63, 3.8) is 0 Å². The Kier molecular flexibility index (Phi) is 5.71. The molecule has 3 rings (SSSR count). The predicted molar refractivity (Wildman–Crippen MR) is 101 cm³/mol. The third kappa shape index (κ3) is 4.49. The number of aryl methyl sites for hydroxylation is 1. The largest absolute Gasteiger partial charge is 0.369 e. The minimum atomic E-state index is -0.529. The smallest absolute Gasteiger partial charge is 0.261 e. The van der Waals surface area contributed by atoms with Crippen LogP contribution in [0.4, 0.5) is 4.39 Å². The third-order valence-corrected chi connectivity index (χ3v) is 6.10. The van der Waals surface area contributed by atoms with Gasteiger partial charge in [0.15, 0.2) is 0 Å². The summed E-state index contributed by atoms with van der Waals surface area (Å²) in [7, 11) is 0. The summed E-state index contributed by atoms with van der Waals surface area (Å²) in [5.74, 6) is -0.841. The summed E-state index contributed by atoms with van der Waals surface area (Å²) >= 11 is 1.54. The average molecular weight is 374 g/mol. The van der Waals surface area contributed by atoms with Crippen LogP contribution in [0.15, 0.2) is 30.3 Å². The molecule has 4 nitrogen and oxygen atoms in total. The van der Waals surface area contributed by atoms with Crippen LogP contribution < -0.4 is 11.1 Å². The van der Waals surface area contributed by atoms with E-state index in [1.165, 1.54) is 22.6 Å². The Balaban J connectivity index is 1.61. The van der Waals surface area contributed by atoms with Crippen molar-refractivity contribution in [3.05, 3.63) is 57.0 Å². The molecule has 0 spiro atoms. The fraction of sp³-hybridized carbons (Fsp3) is 0.400. The van der Waals surface area contributed by atoms with Gasteiger partial charge in [-0.25, -0.2) is 4.39 Å². The van der Waals surface area contributed by atoms with Gasteiger partial charge in [0, 0.05) is 11.4 Å². The molecular formula is C20H23FN2O2S. The Morgan fingerprint density at radius 1 is 1.35 bits per heavy atom. The Morgan fingerprint density at radius 3 is 2.77 bits per heavy atom. The number of primary amides is 1. The minimum absolute atomic E-state index is 0.164. The number of nitrogens with one attached hydrogen (secondary N) is 1. The zero-order chi connectivity index (χ0) is 18.7. The van der Waals surface area contributed by atoms with Gasteiger partial charge in [-0.05, 0) is 60.9 Å². The average Bonchev–Trinajstić information content (AvgIpc) is 3.03. The van der Waals surface area contributed by atoms with Crippen molar-refractivity contribution in [2.24, 2.45) is 17.6 Å². The molecule has 0 saturated heterocycles. The highest BCUT2D eigenvalue weighted by atomic mass is 32.1. The van der Waals surface area contributed by atoms with Crippen LogP contribution in [0.3, 0.4) is 0 Å². The van der Waals surface area contributed by atoms with Crippen molar-refractivity contribution < 1.29 is 14.0 Å². The molecule has 0 saturated carbocycles. The third-order valence-electron chi connectivity index (χ3n) is 4.86. The normalized spacial score (nSPS) is 17.4. The van der Waals surface area contributed by atoms with Crippen molar-refractivity contribution in [1.29, 1.82) is 0 Å². The Hall–Kier alpha value is -2.21.